The van der Waals surface area contributed by atoms with Crippen molar-refractivity contribution in [1.29, 1.82) is 0 Å². The minimum Gasteiger partial charge on any atom is -0.481 e. The summed E-state index contributed by atoms with van der Waals surface area (Å²) in [5.41, 5.74) is -0.517. The third-order valence-electron chi connectivity index (χ3n) is 3.01. The maximum atomic E-state index is 11.4. The lowest BCUT2D eigenvalue weighted by Crippen LogP contribution is -2.34. The average molecular weight is 406 g/mol. The Morgan fingerprint density at radius 2 is 1.36 bits per heavy atom. The Balaban J connectivity index is 3.25. The molecule has 0 radical (unpaired) electrons. The highest BCUT2D eigenvalue weighted by Gasteiger charge is 2.15. The predicted octanol–water partition coefficient (Wildman–Crippen LogP) is 0.932. The molecule has 0 fully saturated rings. The average Bonchev–Trinajstić information content (AvgIpc) is 2.58. The lowest BCUT2D eigenvalue weighted by molar-refractivity contribution is -0.138. The molecule has 0 aliphatic carbocycles. The van der Waals surface area contributed by atoms with Crippen molar-refractivity contribution in [2.75, 3.05) is 52.7 Å². The molecule has 0 bridgehead atoms. The Kier molecular flexibility index (Phi) is 15.0. The van der Waals surface area contributed by atoms with E-state index < -0.39 is 17.7 Å². The molecular formula is C18H34N2O8. The zero-order valence-corrected chi connectivity index (χ0v) is 17.1. The second kappa shape index (κ2) is 16.1. The minimum atomic E-state index is -0.985. The SMILES string of the molecule is CC(C)(C)OC(=O)NCCOCCOCCOCCCNC(=O)CCC(=O)O. The predicted molar refractivity (Wildman–Crippen MR) is 101 cm³/mol. The van der Waals surface area contributed by atoms with E-state index >= 15 is 0 Å². The summed E-state index contributed by atoms with van der Waals surface area (Å²) < 4.78 is 21.1. The number of rotatable bonds is 16. The summed E-state index contributed by atoms with van der Waals surface area (Å²) in [6.07, 6.45) is 0.00339. The summed E-state index contributed by atoms with van der Waals surface area (Å²) in [5, 5.41) is 13.7. The summed E-state index contributed by atoms with van der Waals surface area (Å²) in [7, 11) is 0. The zero-order valence-electron chi connectivity index (χ0n) is 17.1. The summed E-state index contributed by atoms with van der Waals surface area (Å²) in [4.78, 5) is 33.0. The van der Waals surface area contributed by atoms with Crippen molar-refractivity contribution in [3.63, 3.8) is 0 Å². The smallest absolute Gasteiger partial charge is 0.407 e. The summed E-state index contributed by atoms with van der Waals surface area (Å²) in [6, 6.07) is 0. The molecule has 0 heterocycles. The molecule has 3 N–H and O–H groups in total. The van der Waals surface area contributed by atoms with Crippen LogP contribution in [-0.2, 0) is 28.5 Å². The van der Waals surface area contributed by atoms with Crippen LogP contribution < -0.4 is 10.6 Å². The molecule has 2 amide bonds. The van der Waals surface area contributed by atoms with Crippen LogP contribution in [0.5, 0.6) is 0 Å². The highest BCUT2D eigenvalue weighted by Crippen LogP contribution is 2.05. The van der Waals surface area contributed by atoms with Crippen LogP contribution in [0.3, 0.4) is 0 Å². The Morgan fingerprint density at radius 1 is 0.786 bits per heavy atom. The van der Waals surface area contributed by atoms with Crippen molar-refractivity contribution in [3.05, 3.63) is 0 Å². The maximum Gasteiger partial charge on any atom is 0.407 e. The third-order valence-corrected chi connectivity index (χ3v) is 3.01. The Bertz CT molecular complexity index is 451. The van der Waals surface area contributed by atoms with Crippen LogP contribution in [0.1, 0.15) is 40.0 Å². The largest absolute Gasteiger partial charge is 0.481 e. The van der Waals surface area contributed by atoms with Gasteiger partial charge in [-0.15, -0.1) is 0 Å². The first-order chi connectivity index (χ1) is 13.2. The number of nitrogens with one attached hydrogen (secondary N) is 2. The van der Waals surface area contributed by atoms with Crippen molar-refractivity contribution >= 4 is 18.0 Å². The molecule has 10 nitrogen and oxygen atoms in total. The standard InChI is InChI=1S/C18H34N2O8/c1-18(2,3)28-17(24)20-8-10-26-12-14-27-13-11-25-9-4-7-19-15(21)5-6-16(22)23/h4-14H2,1-3H3,(H,19,21)(H,20,24)(H,22,23). The molecule has 0 aromatic heterocycles. The van der Waals surface area contributed by atoms with Gasteiger partial charge in [-0.2, -0.15) is 0 Å². The molecule has 0 aliphatic rings. The molecule has 10 heteroatoms. The molecule has 0 saturated carbocycles. The molecule has 0 aromatic rings. The van der Waals surface area contributed by atoms with E-state index in [4.69, 9.17) is 24.1 Å². The van der Waals surface area contributed by atoms with E-state index in [1.807, 2.05) is 0 Å². The van der Waals surface area contributed by atoms with Crippen molar-refractivity contribution in [2.45, 2.75) is 45.6 Å². The molecule has 0 unspecified atom stereocenters. The van der Waals surface area contributed by atoms with Gasteiger partial charge in [0, 0.05) is 26.1 Å². The van der Waals surface area contributed by atoms with Crippen LogP contribution in [0.4, 0.5) is 4.79 Å². The van der Waals surface area contributed by atoms with Crippen LogP contribution in [0.25, 0.3) is 0 Å². The first kappa shape index (κ1) is 26.1. The fraction of sp³-hybridized carbons (Fsp3) is 0.833. The summed E-state index contributed by atoms with van der Waals surface area (Å²) in [6.45, 7) is 8.78. The van der Waals surface area contributed by atoms with Gasteiger partial charge >= 0.3 is 12.1 Å². The van der Waals surface area contributed by atoms with Crippen molar-refractivity contribution in [3.8, 4) is 0 Å². The zero-order chi connectivity index (χ0) is 21.3. The number of hydrogen-bond acceptors (Lipinski definition) is 7. The highest BCUT2D eigenvalue weighted by molar-refractivity contribution is 5.80. The Hall–Kier alpha value is -1.91. The number of carbonyl (C=O) groups is 3. The van der Waals surface area contributed by atoms with E-state index in [1.165, 1.54) is 0 Å². The number of carboxylic acids is 1. The van der Waals surface area contributed by atoms with E-state index in [1.54, 1.807) is 20.8 Å². The van der Waals surface area contributed by atoms with Gasteiger partial charge in [0.05, 0.1) is 39.5 Å². The maximum absolute atomic E-state index is 11.4. The van der Waals surface area contributed by atoms with Gasteiger partial charge in [-0.1, -0.05) is 0 Å². The van der Waals surface area contributed by atoms with Gasteiger partial charge in [-0.25, -0.2) is 4.79 Å². The Morgan fingerprint density at radius 3 is 1.93 bits per heavy atom. The van der Waals surface area contributed by atoms with Gasteiger partial charge in [0.1, 0.15) is 5.60 Å². The fourth-order valence-corrected chi connectivity index (χ4v) is 1.79. The van der Waals surface area contributed by atoms with Gasteiger partial charge in [0.25, 0.3) is 0 Å². The molecule has 0 spiro atoms. The van der Waals surface area contributed by atoms with Crippen LogP contribution in [0.15, 0.2) is 0 Å². The molecule has 0 saturated heterocycles. The van der Waals surface area contributed by atoms with Gasteiger partial charge in [0.2, 0.25) is 5.91 Å². The minimum absolute atomic E-state index is 0.0107. The van der Waals surface area contributed by atoms with Crippen molar-refractivity contribution in [2.24, 2.45) is 0 Å². The van der Waals surface area contributed by atoms with E-state index in [9.17, 15) is 14.4 Å². The first-order valence-electron chi connectivity index (χ1n) is 9.39. The topological polar surface area (TPSA) is 132 Å². The number of aliphatic carboxylic acids is 1. The molecule has 164 valence electrons. The number of ether oxygens (including phenoxy) is 4. The molecule has 0 rings (SSSR count). The number of amides is 2. The quantitative estimate of drug-likeness (QED) is 0.323. The molecule has 0 aliphatic heterocycles. The lowest BCUT2D eigenvalue weighted by Gasteiger charge is -2.19. The van der Waals surface area contributed by atoms with Crippen LogP contribution in [0.2, 0.25) is 0 Å². The number of alkyl carbamates (subject to hydrolysis) is 1. The number of carbonyl (C=O) groups excluding carboxylic acids is 2. The fourth-order valence-electron chi connectivity index (χ4n) is 1.79. The van der Waals surface area contributed by atoms with Crippen LogP contribution in [-0.4, -0.2) is 81.4 Å². The number of hydrogen-bond donors (Lipinski definition) is 3. The lowest BCUT2D eigenvalue weighted by atomic mass is 10.2. The van der Waals surface area contributed by atoms with E-state index in [0.29, 0.717) is 59.2 Å². The molecular weight excluding hydrogens is 372 g/mol. The van der Waals surface area contributed by atoms with Crippen LogP contribution >= 0.6 is 0 Å². The van der Waals surface area contributed by atoms with Crippen LogP contribution in [0, 0.1) is 0 Å². The van der Waals surface area contributed by atoms with E-state index in [2.05, 4.69) is 10.6 Å². The monoisotopic (exact) mass is 406 g/mol. The van der Waals surface area contributed by atoms with Gasteiger partial charge in [-0.3, -0.25) is 9.59 Å². The summed E-state index contributed by atoms with van der Waals surface area (Å²) in [5.74, 6) is -1.26. The second-order valence-corrected chi connectivity index (χ2v) is 6.86. The van der Waals surface area contributed by atoms with Crippen molar-refractivity contribution < 1.29 is 38.4 Å². The first-order valence-corrected chi connectivity index (χ1v) is 9.39. The van der Waals surface area contributed by atoms with Gasteiger partial charge in [-0.05, 0) is 27.2 Å². The number of carboxylic acid groups (broad SMARTS) is 1. The normalized spacial score (nSPS) is 11.1. The van der Waals surface area contributed by atoms with E-state index in [-0.39, 0.29) is 18.7 Å². The van der Waals surface area contributed by atoms with Gasteiger partial charge in [0.15, 0.2) is 0 Å². The second-order valence-electron chi connectivity index (χ2n) is 6.86. The van der Waals surface area contributed by atoms with Crippen molar-refractivity contribution in [1.82, 2.24) is 10.6 Å². The third kappa shape index (κ3) is 20.4. The van der Waals surface area contributed by atoms with E-state index in [0.717, 1.165) is 0 Å². The molecule has 28 heavy (non-hydrogen) atoms. The summed E-state index contributed by atoms with van der Waals surface area (Å²) >= 11 is 0. The molecule has 0 aromatic carbocycles. The molecule has 0 atom stereocenters. The van der Waals surface area contributed by atoms with Gasteiger partial charge < -0.3 is 34.7 Å². The Labute approximate surface area is 166 Å². The highest BCUT2D eigenvalue weighted by atomic mass is 16.6.